The molecule has 1 aromatic rings. The SMILES string of the molecule is CC(C)C.Cc1cncnc1. The lowest BCUT2D eigenvalue weighted by molar-refractivity contribution is 0.737. The number of aryl methyl sites for hydroxylation is 1. The third-order valence-electron chi connectivity index (χ3n) is 0.690. The van der Waals surface area contributed by atoms with E-state index in [2.05, 4.69) is 30.7 Å². The zero-order valence-electron chi connectivity index (χ0n) is 7.70. The Morgan fingerprint density at radius 3 is 1.64 bits per heavy atom. The highest BCUT2D eigenvalue weighted by Crippen LogP contribution is 1.84. The second-order valence-electron chi connectivity index (χ2n) is 3.15. The lowest BCUT2D eigenvalue weighted by Crippen LogP contribution is -1.75. The first-order valence-electron chi connectivity index (χ1n) is 3.84. The van der Waals surface area contributed by atoms with Crippen molar-refractivity contribution in [1.29, 1.82) is 0 Å². The molecular weight excluding hydrogens is 136 g/mol. The largest absolute Gasteiger partial charge is 0.245 e. The molecule has 1 rings (SSSR count). The topological polar surface area (TPSA) is 25.8 Å². The van der Waals surface area contributed by atoms with Gasteiger partial charge in [-0.2, -0.15) is 0 Å². The van der Waals surface area contributed by atoms with Crippen LogP contribution in [0.25, 0.3) is 0 Å². The highest BCUT2D eigenvalue weighted by Gasteiger charge is 1.74. The minimum Gasteiger partial charge on any atom is -0.245 e. The Bertz CT molecular complexity index is 167. The molecule has 0 aliphatic heterocycles. The van der Waals surface area contributed by atoms with Gasteiger partial charge in [0.15, 0.2) is 0 Å². The molecule has 62 valence electrons. The van der Waals surface area contributed by atoms with Gasteiger partial charge >= 0.3 is 0 Å². The summed E-state index contributed by atoms with van der Waals surface area (Å²) < 4.78 is 0. The van der Waals surface area contributed by atoms with E-state index in [9.17, 15) is 0 Å². The molecule has 0 bridgehead atoms. The molecule has 11 heavy (non-hydrogen) atoms. The molecule has 0 saturated heterocycles. The van der Waals surface area contributed by atoms with Crippen molar-refractivity contribution in [2.75, 3.05) is 0 Å². The highest BCUT2D eigenvalue weighted by molar-refractivity contribution is 4.96. The van der Waals surface area contributed by atoms with Gasteiger partial charge in [-0.3, -0.25) is 0 Å². The molecule has 0 unspecified atom stereocenters. The van der Waals surface area contributed by atoms with Gasteiger partial charge in [0, 0.05) is 12.4 Å². The third kappa shape index (κ3) is 9.08. The van der Waals surface area contributed by atoms with Crippen LogP contribution in [-0.2, 0) is 0 Å². The van der Waals surface area contributed by atoms with Crippen molar-refractivity contribution in [3.05, 3.63) is 24.3 Å². The van der Waals surface area contributed by atoms with Crippen molar-refractivity contribution in [2.45, 2.75) is 27.7 Å². The molecule has 2 heteroatoms. The van der Waals surface area contributed by atoms with E-state index in [4.69, 9.17) is 0 Å². The summed E-state index contributed by atoms with van der Waals surface area (Å²) in [5.41, 5.74) is 1.10. The molecule has 1 aromatic heterocycles. The van der Waals surface area contributed by atoms with E-state index < -0.39 is 0 Å². The molecule has 0 spiro atoms. The second kappa shape index (κ2) is 5.83. The van der Waals surface area contributed by atoms with Gasteiger partial charge in [-0.05, 0) is 18.4 Å². The van der Waals surface area contributed by atoms with Crippen LogP contribution in [0.15, 0.2) is 18.7 Å². The van der Waals surface area contributed by atoms with Gasteiger partial charge in [0.05, 0.1) is 0 Å². The van der Waals surface area contributed by atoms with Crippen molar-refractivity contribution >= 4 is 0 Å². The summed E-state index contributed by atoms with van der Waals surface area (Å²) in [6, 6.07) is 0. The third-order valence-corrected chi connectivity index (χ3v) is 0.690. The molecule has 0 N–H and O–H groups in total. The van der Waals surface area contributed by atoms with Gasteiger partial charge in [-0.15, -0.1) is 0 Å². The molecule has 0 aliphatic carbocycles. The molecule has 2 nitrogen and oxygen atoms in total. The van der Waals surface area contributed by atoms with Crippen LogP contribution in [0.4, 0.5) is 0 Å². The van der Waals surface area contributed by atoms with E-state index in [0.717, 1.165) is 11.5 Å². The van der Waals surface area contributed by atoms with Gasteiger partial charge in [-0.1, -0.05) is 20.8 Å². The average Bonchev–Trinajstić information content (AvgIpc) is 1.87. The summed E-state index contributed by atoms with van der Waals surface area (Å²) >= 11 is 0. The van der Waals surface area contributed by atoms with Crippen LogP contribution in [0.3, 0.4) is 0 Å². The zero-order chi connectivity index (χ0) is 8.69. The van der Waals surface area contributed by atoms with Crippen molar-refractivity contribution in [1.82, 2.24) is 9.97 Å². The molecule has 0 aromatic carbocycles. The predicted molar refractivity (Wildman–Crippen MR) is 47.3 cm³/mol. The maximum Gasteiger partial charge on any atom is 0.115 e. The number of rotatable bonds is 0. The van der Waals surface area contributed by atoms with Crippen LogP contribution < -0.4 is 0 Å². The van der Waals surface area contributed by atoms with Crippen molar-refractivity contribution in [2.24, 2.45) is 5.92 Å². The maximum absolute atomic E-state index is 3.77. The number of aromatic nitrogens is 2. The Morgan fingerprint density at radius 1 is 1.09 bits per heavy atom. The standard InChI is InChI=1S/C5H6N2.C4H10/c1-5-2-6-4-7-3-5;1-4(2)3/h2-4H,1H3;4H,1-3H3. The van der Waals surface area contributed by atoms with Gasteiger partial charge in [-0.25, -0.2) is 9.97 Å². The van der Waals surface area contributed by atoms with Crippen molar-refractivity contribution in [3.8, 4) is 0 Å². The number of nitrogens with zero attached hydrogens (tertiary/aromatic N) is 2. The molecule has 0 saturated carbocycles. The Morgan fingerprint density at radius 2 is 1.45 bits per heavy atom. The molecule has 1 heterocycles. The molecule has 0 aliphatic rings. The molecule has 0 fully saturated rings. The van der Waals surface area contributed by atoms with E-state index in [1.54, 1.807) is 12.4 Å². The number of hydrogen-bond acceptors (Lipinski definition) is 2. The van der Waals surface area contributed by atoms with E-state index in [-0.39, 0.29) is 0 Å². The van der Waals surface area contributed by atoms with E-state index in [1.165, 1.54) is 6.33 Å². The fourth-order valence-corrected chi connectivity index (χ4v) is 0.374. The Labute approximate surface area is 68.7 Å². The Hall–Kier alpha value is -0.920. The summed E-state index contributed by atoms with van der Waals surface area (Å²) in [6.07, 6.45) is 5.06. The van der Waals surface area contributed by atoms with Gasteiger partial charge < -0.3 is 0 Å². The van der Waals surface area contributed by atoms with Gasteiger partial charge in [0.1, 0.15) is 6.33 Å². The minimum absolute atomic E-state index is 0.833. The molecule has 0 radical (unpaired) electrons. The van der Waals surface area contributed by atoms with Gasteiger partial charge in [0.25, 0.3) is 0 Å². The fraction of sp³-hybridized carbons (Fsp3) is 0.556. The first-order chi connectivity index (χ1) is 5.13. The molecule has 0 atom stereocenters. The maximum atomic E-state index is 3.77. The summed E-state index contributed by atoms with van der Waals surface area (Å²) in [6.45, 7) is 8.46. The Balaban J connectivity index is 0.000000218. The monoisotopic (exact) mass is 152 g/mol. The van der Waals surface area contributed by atoms with E-state index >= 15 is 0 Å². The van der Waals surface area contributed by atoms with Crippen molar-refractivity contribution in [3.63, 3.8) is 0 Å². The van der Waals surface area contributed by atoms with Gasteiger partial charge in [0.2, 0.25) is 0 Å². The summed E-state index contributed by atoms with van der Waals surface area (Å²) in [4.78, 5) is 7.55. The van der Waals surface area contributed by atoms with Crippen LogP contribution in [-0.4, -0.2) is 9.97 Å². The number of hydrogen-bond donors (Lipinski definition) is 0. The van der Waals surface area contributed by atoms with Crippen LogP contribution >= 0.6 is 0 Å². The molecule has 0 amide bonds. The quantitative estimate of drug-likeness (QED) is 0.570. The highest BCUT2D eigenvalue weighted by atomic mass is 14.8. The van der Waals surface area contributed by atoms with E-state index in [1.807, 2.05) is 6.92 Å². The van der Waals surface area contributed by atoms with E-state index in [0.29, 0.717) is 0 Å². The smallest absolute Gasteiger partial charge is 0.115 e. The Kier molecular flexibility index (Phi) is 5.35. The predicted octanol–water partition coefficient (Wildman–Crippen LogP) is 2.45. The average molecular weight is 152 g/mol. The zero-order valence-corrected chi connectivity index (χ0v) is 7.70. The lowest BCUT2D eigenvalue weighted by atomic mass is 10.3. The summed E-state index contributed by atoms with van der Waals surface area (Å²) in [5.74, 6) is 0.833. The second-order valence-corrected chi connectivity index (χ2v) is 3.15. The first kappa shape index (κ1) is 10.1. The lowest BCUT2D eigenvalue weighted by Gasteiger charge is -1.81. The van der Waals surface area contributed by atoms with Crippen LogP contribution in [0.2, 0.25) is 0 Å². The van der Waals surface area contributed by atoms with Crippen LogP contribution in [0.5, 0.6) is 0 Å². The summed E-state index contributed by atoms with van der Waals surface area (Å²) in [5, 5.41) is 0. The normalized spacial score (nSPS) is 8.82. The first-order valence-corrected chi connectivity index (χ1v) is 3.84. The minimum atomic E-state index is 0.833. The van der Waals surface area contributed by atoms with Crippen LogP contribution in [0.1, 0.15) is 26.3 Å². The van der Waals surface area contributed by atoms with Crippen molar-refractivity contribution < 1.29 is 0 Å². The summed E-state index contributed by atoms with van der Waals surface area (Å²) in [7, 11) is 0. The fourth-order valence-electron chi connectivity index (χ4n) is 0.374. The molecular formula is C9H16N2. The van der Waals surface area contributed by atoms with Crippen LogP contribution in [0, 0.1) is 12.8 Å².